The molecule has 2 aliphatic heterocycles. The van der Waals surface area contributed by atoms with Crippen LogP contribution < -0.4 is 30.4 Å². The van der Waals surface area contributed by atoms with Gasteiger partial charge in [-0.1, -0.05) is 13.3 Å². The molecule has 7 nitrogen and oxygen atoms in total. The smallest absolute Gasteiger partial charge is 0.242 e. The molecule has 3 N–H and O–H groups in total. The third kappa shape index (κ3) is 4.15. The summed E-state index contributed by atoms with van der Waals surface area (Å²) in [7, 11) is 0. The highest BCUT2D eigenvalue weighted by molar-refractivity contribution is 5.95. The van der Waals surface area contributed by atoms with Crippen LogP contribution in [0.2, 0.25) is 0 Å². The van der Waals surface area contributed by atoms with Crippen LogP contribution >= 0.6 is 0 Å². The maximum Gasteiger partial charge on any atom is 0.242 e. The van der Waals surface area contributed by atoms with Crippen molar-refractivity contribution >= 4 is 11.6 Å². The highest BCUT2D eigenvalue weighted by Crippen LogP contribution is 2.36. The Balaban J connectivity index is 1.33. The molecule has 0 saturated carbocycles. The zero-order chi connectivity index (χ0) is 18.6. The Hall–Kier alpha value is -2.77. The second-order valence-corrected chi connectivity index (χ2v) is 6.69. The fourth-order valence-corrected chi connectivity index (χ4v) is 3.24. The minimum atomic E-state index is -0.217. The summed E-state index contributed by atoms with van der Waals surface area (Å²) in [5.74, 6) is 2.70. The Labute approximate surface area is 158 Å². The lowest BCUT2D eigenvalue weighted by atomic mass is 10.1. The van der Waals surface area contributed by atoms with Gasteiger partial charge in [-0.05, 0) is 49.2 Å². The average molecular weight is 369 g/mol. The van der Waals surface area contributed by atoms with Gasteiger partial charge in [-0.2, -0.15) is 0 Å². The van der Waals surface area contributed by atoms with Crippen molar-refractivity contribution in [3.63, 3.8) is 0 Å². The fourth-order valence-electron chi connectivity index (χ4n) is 3.24. The summed E-state index contributed by atoms with van der Waals surface area (Å²) in [6.45, 7) is 2.38. The maximum absolute atomic E-state index is 12.4. The number of anilines is 1. The largest absolute Gasteiger partial charge is 0.457 e. The molecule has 2 aromatic rings. The van der Waals surface area contributed by atoms with Gasteiger partial charge in [-0.15, -0.1) is 0 Å². The quantitative estimate of drug-likeness (QED) is 0.726. The summed E-state index contributed by atoms with van der Waals surface area (Å²) in [6.07, 6.45) is 2.95. The highest BCUT2D eigenvalue weighted by atomic mass is 16.7. The Morgan fingerprint density at radius 2 is 1.89 bits per heavy atom. The van der Waals surface area contributed by atoms with Gasteiger partial charge in [0, 0.05) is 17.8 Å². The molecule has 7 heteroatoms. The van der Waals surface area contributed by atoms with Crippen molar-refractivity contribution in [1.82, 2.24) is 10.9 Å². The summed E-state index contributed by atoms with van der Waals surface area (Å²) in [4.78, 5) is 12.4. The first-order valence-electron chi connectivity index (χ1n) is 9.21. The van der Waals surface area contributed by atoms with E-state index in [1.807, 2.05) is 36.4 Å². The van der Waals surface area contributed by atoms with Crippen LogP contribution in [0.25, 0.3) is 0 Å². The van der Waals surface area contributed by atoms with Crippen LogP contribution in [0.15, 0.2) is 42.5 Å². The summed E-state index contributed by atoms with van der Waals surface area (Å²) in [5.41, 5.74) is 6.98. The standard InChI is InChI=1S/C20H23N3O4/c1-2-3-14-10-17(23-22-14)20(24)21-13-4-6-15(7-5-13)27-16-8-9-18-19(11-16)26-12-25-18/h4-9,11,14,17,22-23H,2-3,10,12H2,1H3,(H,21,24). The Morgan fingerprint density at radius 1 is 1.11 bits per heavy atom. The van der Waals surface area contributed by atoms with Gasteiger partial charge in [0.25, 0.3) is 0 Å². The molecule has 27 heavy (non-hydrogen) atoms. The van der Waals surface area contributed by atoms with Gasteiger partial charge in [0.2, 0.25) is 12.7 Å². The van der Waals surface area contributed by atoms with Gasteiger partial charge in [0.15, 0.2) is 11.5 Å². The number of ether oxygens (including phenoxy) is 3. The summed E-state index contributed by atoms with van der Waals surface area (Å²) in [6, 6.07) is 12.9. The molecule has 0 aromatic heterocycles. The summed E-state index contributed by atoms with van der Waals surface area (Å²) < 4.78 is 16.5. The lowest BCUT2D eigenvalue weighted by molar-refractivity contribution is -0.117. The molecule has 4 rings (SSSR count). The first kappa shape index (κ1) is 17.6. The number of hydrogen-bond acceptors (Lipinski definition) is 6. The Morgan fingerprint density at radius 3 is 2.70 bits per heavy atom. The number of carbonyl (C=O) groups is 1. The number of fused-ring (bicyclic) bond motifs is 1. The zero-order valence-electron chi connectivity index (χ0n) is 15.2. The van der Waals surface area contributed by atoms with E-state index in [4.69, 9.17) is 14.2 Å². The van der Waals surface area contributed by atoms with E-state index in [2.05, 4.69) is 23.1 Å². The van der Waals surface area contributed by atoms with E-state index >= 15 is 0 Å². The molecule has 1 amide bonds. The molecular formula is C20H23N3O4. The molecule has 2 aromatic carbocycles. The molecule has 2 atom stereocenters. The molecule has 2 aliphatic rings. The molecular weight excluding hydrogens is 346 g/mol. The van der Waals surface area contributed by atoms with Gasteiger partial charge >= 0.3 is 0 Å². The van der Waals surface area contributed by atoms with Crippen molar-refractivity contribution in [2.24, 2.45) is 0 Å². The number of benzene rings is 2. The minimum Gasteiger partial charge on any atom is -0.457 e. The molecule has 0 radical (unpaired) electrons. The normalized spacial score (nSPS) is 20.5. The van der Waals surface area contributed by atoms with Gasteiger partial charge in [0.05, 0.1) is 0 Å². The summed E-state index contributed by atoms with van der Waals surface area (Å²) >= 11 is 0. The van der Waals surface area contributed by atoms with Gasteiger partial charge in [0.1, 0.15) is 17.5 Å². The lowest BCUT2D eigenvalue weighted by Crippen LogP contribution is -2.40. The van der Waals surface area contributed by atoms with Crippen molar-refractivity contribution in [1.29, 1.82) is 0 Å². The predicted molar refractivity (Wildman–Crippen MR) is 101 cm³/mol. The number of hydrogen-bond donors (Lipinski definition) is 3. The second kappa shape index (κ2) is 7.85. The van der Waals surface area contributed by atoms with Crippen molar-refractivity contribution in [2.45, 2.75) is 38.3 Å². The third-order valence-electron chi connectivity index (χ3n) is 4.64. The average Bonchev–Trinajstić information content (AvgIpc) is 3.32. The fraction of sp³-hybridized carbons (Fsp3) is 0.350. The number of carbonyl (C=O) groups excluding carboxylic acids is 1. The monoisotopic (exact) mass is 369 g/mol. The lowest BCUT2D eigenvalue weighted by Gasteiger charge is -2.11. The SMILES string of the molecule is CCCC1CC(C(=O)Nc2ccc(Oc3ccc4c(c3)OCO4)cc2)NN1. The maximum atomic E-state index is 12.4. The number of hydrazine groups is 1. The van der Waals surface area contributed by atoms with Gasteiger partial charge < -0.3 is 19.5 Å². The van der Waals surface area contributed by atoms with Crippen LogP contribution in [0.4, 0.5) is 5.69 Å². The third-order valence-corrected chi connectivity index (χ3v) is 4.64. The van der Waals surface area contributed by atoms with Crippen LogP contribution in [0.1, 0.15) is 26.2 Å². The summed E-state index contributed by atoms with van der Waals surface area (Å²) in [5, 5.41) is 2.94. The first-order chi connectivity index (χ1) is 13.2. The topological polar surface area (TPSA) is 80.9 Å². The van der Waals surface area contributed by atoms with E-state index in [1.165, 1.54) is 0 Å². The molecule has 0 spiro atoms. The Bertz CT molecular complexity index is 809. The molecule has 0 bridgehead atoms. The molecule has 2 unspecified atom stereocenters. The predicted octanol–water partition coefficient (Wildman–Crippen LogP) is 3.18. The van der Waals surface area contributed by atoms with Crippen molar-refractivity contribution in [3.05, 3.63) is 42.5 Å². The van der Waals surface area contributed by atoms with E-state index < -0.39 is 0 Å². The van der Waals surface area contributed by atoms with Crippen LogP contribution in [-0.2, 0) is 4.79 Å². The Kier molecular flexibility index (Phi) is 5.13. The molecule has 142 valence electrons. The number of rotatable bonds is 6. The van der Waals surface area contributed by atoms with E-state index in [9.17, 15) is 4.79 Å². The molecule has 1 fully saturated rings. The van der Waals surface area contributed by atoms with E-state index in [0.717, 1.165) is 30.7 Å². The van der Waals surface area contributed by atoms with E-state index in [-0.39, 0.29) is 18.7 Å². The van der Waals surface area contributed by atoms with Crippen molar-refractivity contribution in [3.8, 4) is 23.0 Å². The van der Waals surface area contributed by atoms with Crippen molar-refractivity contribution in [2.75, 3.05) is 12.1 Å². The van der Waals surface area contributed by atoms with Crippen LogP contribution in [-0.4, -0.2) is 24.8 Å². The molecule has 1 saturated heterocycles. The van der Waals surface area contributed by atoms with Crippen LogP contribution in [0.5, 0.6) is 23.0 Å². The van der Waals surface area contributed by atoms with Crippen LogP contribution in [0, 0.1) is 0 Å². The molecule has 2 heterocycles. The highest BCUT2D eigenvalue weighted by Gasteiger charge is 2.28. The molecule has 0 aliphatic carbocycles. The van der Waals surface area contributed by atoms with Gasteiger partial charge in [-0.25, -0.2) is 5.43 Å². The van der Waals surface area contributed by atoms with E-state index in [1.54, 1.807) is 6.07 Å². The van der Waals surface area contributed by atoms with E-state index in [0.29, 0.717) is 23.3 Å². The van der Waals surface area contributed by atoms with Crippen LogP contribution in [0.3, 0.4) is 0 Å². The number of amides is 1. The number of nitrogens with one attached hydrogen (secondary N) is 3. The second-order valence-electron chi connectivity index (χ2n) is 6.69. The first-order valence-corrected chi connectivity index (χ1v) is 9.21. The van der Waals surface area contributed by atoms with Gasteiger partial charge in [-0.3, -0.25) is 10.2 Å². The van der Waals surface area contributed by atoms with Crippen molar-refractivity contribution < 1.29 is 19.0 Å². The zero-order valence-corrected chi connectivity index (χ0v) is 15.2. The minimum absolute atomic E-state index is 0.0365.